The molecule has 0 aromatic heterocycles. The third kappa shape index (κ3) is 4.91. The fourth-order valence-corrected chi connectivity index (χ4v) is 13.5. The Hall–Kier alpha value is -1.38. The van der Waals surface area contributed by atoms with Crippen LogP contribution in [0, 0.1) is 57.2 Å². The second-order valence-electron chi connectivity index (χ2n) is 18.1. The summed E-state index contributed by atoms with van der Waals surface area (Å²) in [5, 5.41) is 2.86. The van der Waals surface area contributed by atoms with Gasteiger partial charge in [-0.15, -0.1) is 0 Å². The molecule has 2 spiro atoms. The third-order valence-corrected chi connectivity index (χ3v) is 15.7. The number of carbonyl (C=O) groups is 2. The Balaban J connectivity index is 0.932. The first-order chi connectivity index (χ1) is 22.0. The average Bonchev–Trinajstić information content (AvgIpc) is 3.93. The number of ether oxygens (including phenoxy) is 4. The molecule has 2 amide bonds. The number of nitrogens with one attached hydrogen (secondary N) is 1. The normalized spacial score (nSPS) is 48.6. The summed E-state index contributed by atoms with van der Waals surface area (Å²) in [6, 6.07) is 0. The van der Waals surface area contributed by atoms with Crippen molar-refractivity contribution in [2.45, 2.75) is 136 Å². The fraction of sp³-hybridized carbons (Fsp3) is 0.947. The van der Waals surface area contributed by atoms with Crippen LogP contribution in [0.25, 0.3) is 0 Å². The van der Waals surface area contributed by atoms with Crippen molar-refractivity contribution in [1.29, 1.82) is 0 Å². The van der Waals surface area contributed by atoms with E-state index in [-0.39, 0.29) is 30.0 Å². The van der Waals surface area contributed by atoms with E-state index in [1.807, 2.05) is 4.90 Å². The first kappa shape index (κ1) is 31.9. The smallest absolute Gasteiger partial charge is 0.406 e. The van der Waals surface area contributed by atoms with Gasteiger partial charge in [0.05, 0.1) is 38.6 Å². The van der Waals surface area contributed by atoms with Crippen molar-refractivity contribution in [3.05, 3.63) is 0 Å². The van der Waals surface area contributed by atoms with Crippen molar-refractivity contribution in [3.63, 3.8) is 0 Å². The van der Waals surface area contributed by atoms with Gasteiger partial charge >= 0.3 is 6.09 Å². The molecule has 46 heavy (non-hydrogen) atoms. The summed E-state index contributed by atoms with van der Waals surface area (Å²) in [7, 11) is 1.42. The van der Waals surface area contributed by atoms with E-state index >= 15 is 0 Å². The highest BCUT2D eigenvalue weighted by Gasteiger charge is 2.81. The standard InChI is InChI=1S/C38H60N2O6/c1-23-18-25(11-15-39-34(42)43-5)45-28-20-27-26-8-9-29-35(2,3)30(46-32-21-40(16-17-44-32)31(41)19-24-6-7-24)10-12-38(29)22-37(26,38)14-13-36(27,4)33(23)28/h23-30,32-33H,6-22H2,1-5H3,(H,39,42)/t23-,25?,26?,27?,28?,29?,30?,32?,33?,36?,37?,38?/m1/s1. The van der Waals surface area contributed by atoms with Crippen LogP contribution in [0.15, 0.2) is 0 Å². The van der Waals surface area contributed by atoms with Crippen LogP contribution >= 0.6 is 0 Å². The van der Waals surface area contributed by atoms with Crippen LogP contribution in [0.1, 0.15) is 111 Å². The molecule has 11 unspecified atom stereocenters. The number of amides is 2. The van der Waals surface area contributed by atoms with Gasteiger partial charge in [-0.25, -0.2) is 4.79 Å². The number of alkyl carbamates (subject to hydrolysis) is 1. The predicted molar refractivity (Wildman–Crippen MR) is 174 cm³/mol. The second-order valence-corrected chi connectivity index (χ2v) is 18.1. The molecule has 258 valence electrons. The lowest BCUT2D eigenvalue weighted by Gasteiger charge is -2.60. The Kier molecular flexibility index (Phi) is 7.85. The maximum Gasteiger partial charge on any atom is 0.406 e. The van der Waals surface area contributed by atoms with Crippen LogP contribution in [0.2, 0.25) is 0 Å². The summed E-state index contributed by atoms with van der Waals surface area (Å²) in [6.45, 7) is 12.6. The first-order valence-corrected chi connectivity index (χ1v) is 19.0. The zero-order chi connectivity index (χ0) is 32.1. The van der Waals surface area contributed by atoms with Crippen molar-refractivity contribution in [3.8, 4) is 0 Å². The largest absolute Gasteiger partial charge is 0.453 e. The van der Waals surface area contributed by atoms with E-state index in [1.54, 1.807) is 0 Å². The lowest BCUT2D eigenvalue weighted by atomic mass is 9.46. The second kappa shape index (κ2) is 11.3. The first-order valence-electron chi connectivity index (χ1n) is 19.0. The van der Waals surface area contributed by atoms with E-state index in [0.717, 1.165) is 31.1 Å². The van der Waals surface area contributed by atoms with Gasteiger partial charge in [-0.1, -0.05) is 27.7 Å². The van der Waals surface area contributed by atoms with Crippen molar-refractivity contribution in [1.82, 2.24) is 10.2 Å². The SMILES string of the molecule is COC(=O)NCCC1C[C@@H](C)C2C(CC3C4CCC5C(C)(C)C(OC6CN(C(=O)CC7CC7)CCO6)CCC56CC46CCC32C)O1. The molecule has 8 nitrogen and oxygen atoms in total. The highest BCUT2D eigenvalue weighted by molar-refractivity contribution is 5.76. The lowest BCUT2D eigenvalue weighted by molar-refractivity contribution is -0.244. The summed E-state index contributed by atoms with van der Waals surface area (Å²) in [4.78, 5) is 26.5. The molecule has 8 fully saturated rings. The Bertz CT molecular complexity index is 1210. The quantitative estimate of drug-likeness (QED) is 0.340. The minimum absolute atomic E-state index is 0.101. The molecule has 2 saturated heterocycles. The van der Waals surface area contributed by atoms with Crippen LogP contribution in [0.3, 0.4) is 0 Å². The maximum absolute atomic E-state index is 12.9. The molecule has 2 heterocycles. The maximum atomic E-state index is 12.9. The highest BCUT2D eigenvalue weighted by Crippen LogP contribution is 2.87. The van der Waals surface area contributed by atoms with Crippen molar-refractivity contribution >= 4 is 12.0 Å². The summed E-state index contributed by atoms with van der Waals surface area (Å²) in [6.07, 6.45) is 15.7. The van der Waals surface area contributed by atoms with Gasteiger partial charge < -0.3 is 29.2 Å². The molecule has 6 aliphatic carbocycles. The summed E-state index contributed by atoms with van der Waals surface area (Å²) < 4.78 is 24.7. The van der Waals surface area contributed by atoms with E-state index in [0.29, 0.717) is 84.6 Å². The molecule has 8 aliphatic rings. The van der Waals surface area contributed by atoms with Crippen LogP contribution in [0.4, 0.5) is 4.79 Å². The summed E-state index contributed by atoms with van der Waals surface area (Å²) in [5.41, 5.74) is 1.46. The number of nitrogens with zero attached hydrogens (tertiary/aromatic N) is 1. The van der Waals surface area contributed by atoms with Gasteiger partial charge in [0.1, 0.15) is 0 Å². The Morgan fingerprint density at radius 1 is 0.978 bits per heavy atom. The molecule has 8 heteroatoms. The van der Waals surface area contributed by atoms with Crippen LogP contribution in [0.5, 0.6) is 0 Å². The Morgan fingerprint density at radius 2 is 1.80 bits per heavy atom. The monoisotopic (exact) mass is 640 g/mol. The molecule has 12 atom stereocenters. The summed E-state index contributed by atoms with van der Waals surface area (Å²) in [5.74, 6) is 4.50. The zero-order valence-corrected chi connectivity index (χ0v) is 29.2. The molecule has 6 saturated carbocycles. The topological polar surface area (TPSA) is 86.3 Å². The minimum Gasteiger partial charge on any atom is -0.453 e. The molecule has 1 N–H and O–H groups in total. The van der Waals surface area contributed by atoms with Crippen LogP contribution < -0.4 is 5.32 Å². The molecule has 8 rings (SSSR count). The number of carbonyl (C=O) groups excluding carboxylic acids is 2. The molecule has 0 aromatic rings. The van der Waals surface area contributed by atoms with Gasteiger partial charge in [-0.05, 0) is 134 Å². The van der Waals surface area contributed by atoms with E-state index < -0.39 is 0 Å². The van der Waals surface area contributed by atoms with Crippen LogP contribution in [-0.2, 0) is 23.7 Å². The predicted octanol–water partition coefficient (Wildman–Crippen LogP) is 6.56. The van der Waals surface area contributed by atoms with Crippen molar-refractivity contribution in [2.75, 3.05) is 33.4 Å². The van der Waals surface area contributed by atoms with Crippen molar-refractivity contribution < 1.29 is 28.5 Å². The average molecular weight is 641 g/mol. The molecule has 0 radical (unpaired) electrons. The summed E-state index contributed by atoms with van der Waals surface area (Å²) >= 11 is 0. The molecule has 2 aliphatic heterocycles. The number of fused-ring (bicyclic) bond motifs is 4. The highest BCUT2D eigenvalue weighted by atomic mass is 16.7. The number of hydrogen-bond acceptors (Lipinski definition) is 6. The molecule has 0 aromatic carbocycles. The van der Waals surface area contributed by atoms with Gasteiger partial charge in [-0.3, -0.25) is 4.79 Å². The van der Waals surface area contributed by atoms with Gasteiger partial charge in [0.25, 0.3) is 0 Å². The van der Waals surface area contributed by atoms with Gasteiger partial charge in [0, 0.05) is 19.5 Å². The van der Waals surface area contributed by atoms with E-state index in [1.165, 1.54) is 64.9 Å². The van der Waals surface area contributed by atoms with Crippen molar-refractivity contribution in [2.24, 2.45) is 57.2 Å². The molecule has 0 bridgehead atoms. The molecular formula is C38H60N2O6. The Labute approximate surface area is 276 Å². The Morgan fingerprint density at radius 3 is 2.59 bits per heavy atom. The van der Waals surface area contributed by atoms with Gasteiger partial charge in [0.2, 0.25) is 5.91 Å². The lowest BCUT2D eigenvalue weighted by Crippen LogP contribution is -2.56. The number of methoxy groups -OCH3 is 1. The van der Waals surface area contributed by atoms with Gasteiger partial charge in [-0.2, -0.15) is 0 Å². The zero-order valence-electron chi connectivity index (χ0n) is 29.2. The van der Waals surface area contributed by atoms with Gasteiger partial charge in [0.15, 0.2) is 6.29 Å². The number of hydrogen-bond donors (Lipinski definition) is 1. The number of morpholine rings is 1. The van der Waals surface area contributed by atoms with E-state index in [2.05, 4.69) is 33.0 Å². The fourth-order valence-electron chi connectivity index (χ4n) is 13.5. The number of rotatable bonds is 7. The van der Waals surface area contributed by atoms with Crippen LogP contribution in [-0.4, -0.2) is 74.9 Å². The van der Waals surface area contributed by atoms with E-state index in [9.17, 15) is 9.59 Å². The molecular weight excluding hydrogens is 580 g/mol. The van der Waals surface area contributed by atoms with E-state index in [4.69, 9.17) is 18.9 Å². The third-order valence-electron chi connectivity index (χ3n) is 15.7. The minimum atomic E-state index is -0.353.